The number of fused-ring (bicyclic) bond motifs is 1. The molecule has 2 aliphatic heterocycles. The number of ether oxygens (including phenoxy) is 2. The van der Waals surface area contributed by atoms with Gasteiger partial charge < -0.3 is 20.1 Å². The van der Waals surface area contributed by atoms with E-state index in [0.717, 1.165) is 54.4 Å². The molecule has 9 nitrogen and oxygen atoms in total. The molecule has 4 heterocycles. The highest BCUT2D eigenvalue weighted by molar-refractivity contribution is 5.64. The number of piperidine rings is 1. The zero-order valence-electron chi connectivity index (χ0n) is 14.1. The van der Waals surface area contributed by atoms with Gasteiger partial charge in [0, 0.05) is 30.3 Å². The molecule has 0 atom stereocenters. The van der Waals surface area contributed by atoms with Crippen LogP contribution in [0, 0.1) is 0 Å². The van der Waals surface area contributed by atoms with Crippen molar-refractivity contribution in [2.75, 3.05) is 30.5 Å². The Balaban J connectivity index is 1.29. The van der Waals surface area contributed by atoms with Crippen molar-refractivity contribution in [3.63, 3.8) is 0 Å². The Morgan fingerprint density at radius 3 is 2.69 bits per heavy atom. The molecule has 0 bridgehead atoms. The Labute approximate surface area is 149 Å². The van der Waals surface area contributed by atoms with Gasteiger partial charge in [-0.05, 0) is 37.1 Å². The van der Waals surface area contributed by atoms with Gasteiger partial charge >= 0.3 is 0 Å². The van der Waals surface area contributed by atoms with Crippen molar-refractivity contribution in [1.82, 2.24) is 25.4 Å². The summed E-state index contributed by atoms with van der Waals surface area (Å²) in [5.74, 6) is 3.02. The Morgan fingerprint density at radius 2 is 1.88 bits per heavy atom. The molecule has 0 amide bonds. The second-order valence-electron chi connectivity index (χ2n) is 6.56. The standard InChI is InChI=1S/C17H19N7O2/c18-16-19-17(23-22-16)24-5-3-10(4-6-24)12-8-13(21-20-12)11-1-2-14-15(7-11)26-9-25-14/h1-2,7-8,10H,3-6,9H2,(H,20,21)(H3,18,19,22,23). The lowest BCUT2D eigenvalue weighted by molar-refractivity contribution is 0.174. The third-order valence-corrected chi connectivity index (χ3v) is 4.97. The van der Waals surface area contributed by atoms with Crippen LogP contribution in [-0.4, -0.2) is 45.3 Å². The van der Waals surface area contributed by atoms with Crippen molar-refractivity contribution in [1.29, 1.82) is 0 Å². The van der Waals surface area contributed by atoms with E-state index in [2.05, 4.69) is 36.3 Å². The molecule has 0 unspecified atom stereocenters. The summed E-state index contributed by atoms with van der Waals surface area (Å²) in [6.45, 7) is 2.06. The van der Waals surface area contributed by atoms with Gasteiger partial charge in [-0.25, -0.2) is 5.10 Å². The Bertz CT molecular complexity index is 927. The van der Waals surface area contributed by atoms with Crippen LogP contribution in [0.4, 0.5) is 11.9 Å². The minimum absolute atomic E-state index is 0.277. The lowest BCUT2D eigenvalue weighted by Gasteiger charge is -2.30. The molecular formula is C17H19N7O2. The number of benzene rings is 1. The summed E-state index contributed by atoms with van der Waals surface area (Å²) in [5, 5.41) is 14.5. The molecule has 1 saturated heterocycles. The summed E-state index contributed by atoms with van der Waals surface area (Å²) in [5.41, 5.74) is 8.71. The number of nitrogens with two attached hydrogens (primary N) is 1. The van der Waals surface area contributed by atoms with Crippen LogP contribution in [0.25, 0.3) is 11.3 Å². The molecule has 26 heavy (non-hydrogen) atoms. The molecule has 0 spiro atoms. The number of nitrogen functional groups attached to an aromatic ring is 1. The number of hydrogen-bond acceptors (Lipinski definition) is 7. The highest BCUT2D eigenvalue weighted by atomic mass is 16.7. The summed E-state index contributed by atoms with van der Waals surface area (Å²) in [4.78, 5) is 6.35. The van der Waals surface area contributed by atoms with Crippen LogP contribution in [-0.2, 0) is 0 Å². The van der Waals surface area contributed by atoms with Gasteiger partial charge in [0.25, 0.3) is 0 Å². The highest BCUT2D eigenvalue weighted by Gasteiger charge is 2.24. The van der Waals surface area contributed by atoms with Crippen LogP contribution in [0.3, 0.4) is 0 Å². The molecular weight excluding hydrogens is 334 g/mol. The first kappa shape index (κ1) is 15.1. The highest BCUT2D eigenvalue weighted by Crippen LogP contribution is 2.36. The molecule has 9 heteroatoms. The van der Waals surface area contributed by atoms with Crippen molar-refractivity contribution >= 4 is 11.9 Å². The van der Waals surface area contributed by atoms with Crippen LogP contribution in [0.15, 0.2) is 24.3 Å². The van der Waals surface area contributed by atoms with Crippen LogP contribution in [0.2, 0.25) is 0 Å². The average molecular weight is 353 g/mol. The van der Waals surface area contributed by atoms with Gasteiger partial charge in [-0.1, -0.05) is 0 Å². The number of hydrogen-bond donors (Lipinski definition) is 3. The van der Waals surface area contributed by atoms with Crippen molar-refractivity contribution in [3.8, 4) is 22.8 Å². The van der Waals surface area contributed by atoms with Crippen LogP contribution < -0.4 is 20.1 Å². The molecule has 1 fully saturated rings. The first-order valence-corrected chi connectivity index (χ1v) is 8.64. The molecule has 0 radical (unpaired) electrons. The van der Waals surface area contributed by atoms with Gasteiger partial charge in [0.05, 0.1) is 5.69 Å². The molecule has 2 aliphatic rings. The third kappa shape index (κ3) is 2.61. The number of nitrogens with zero attached hydrogens (tertiary/aromatic N) is 4. The second kappa shape index (κ2) is 5.94. The van der Waals surface area contributed by atoms with Crippen molar-refractivity contribution in [2.45, 2.75) is 18.8 Å². The van der Waals surface area contributed by atoms with E-state index in [1.165, 1.54) is 0 Å². The largest absolute Gasteiger partial charge is 0.454 e. The predicted octanol–water partition coefficient (Wildman–Crippen LogP) is 1.89. The number of nitrogens with one attached hydrogen (secondary N) is 2. The van der Waals surface area contributed by atoms with Crippen molar-refractivity contribution in [2.24, 2.45) is 0 Å². The zero-order valence-corrected chi connectivity index (χ0v) is 14.1. The lowest BCUT2D eigenvalue weighted by atomic mass is 9.93. The zero-order chi connectivity index (χ0) is 17.5. The van der Waals surface area contributed by atoms with Crippen molar-refractivity contribution < 1.29 is 9.47 Å². The maximum absolute atomic E-state index is 5.61. The van der Waals surface area contributed by atoms with E-state index in [0.29, 0.717) is 17.8 Å². The summed E-state index contributed by atoms with van der Waals surface area (Å²) in [7, 11) is 0. The number of aromatic amines is 2. The van der Waals surface area contributed by atoms with E-state index >= 15 is 0 Å². The molecule has 4 N–H and O–H groups in total. The van der Waals surface area contributed by atoms with Gasteiger partial charge in [-0.3, -0.25) is 5.10 Å². The van der Waals surface area contributed by atoms with Crippen molar-refractivity contribution in [3.05, 3.63) is 30.0 Å². The Hall–Kier alpha value is -3.23. The van der Waals surface area contributed by atoms with E-state index in [1.807, 2.05) is 18.2 Å². The van der Waals surface area contributed by atoms with Gasteiger partial charge in [-0.15, -0.1) is 5.10 Å². The normalized spacial score (nSPS) is 17.0. The predicted molar refractivity (Wildman–Crippen MR) is 95.1 cm³/mol. The molecule has 0 saturated carbocycles. The minimum atomic E-state index is 0.277. The molecule has 134 valence electrons. The fourth-order valence-electron chi connectivity index (χ4n) is 3.55. The summed E-state index contributed by atoms with van der Waals surface area (Å²) >= 11 is 0. The van der Waals surface area contributed by atoms with E-state index in [-0.39, 0.29) is 6.79 Å². The number of rotatable bonds is 3. The summed E-state index contributed by atoms with van der Waals surface area (Å²) in [6, 6.07) is 8.03. The Kier molecular flexibility index (Phi) is 3.44. The van der Waals surface area contributed by atoms with Crippen LogP contribution in [0.5, 0.6) is 11.5 Å². The molecule has 5 rings (SSSR count). The molecule has 2 aromatic heterocycles. The maximum Gasteiger partial charge on any atom is 0.246 e. The average Bonchev–Trinajstić information content (AvgIpc) is 3.41. The first-order valence-electron chi connectivity index (χ1n) is 8.64. The quantitative estimate of drug-likeness (QED) is 0.658. The van der Waals surface area contributed by atoms with Gasteiger partial charge in [0.15, 0.2) is 11.5 Å². The van der Waals surface area contributed by atoms with Gasteiger partial charge in [0.1, 0.15) is 0 Å². The fraction of sp³-hybridized carbons (Fsp3) is 0.353. The summed E-state index contributed by atoms with van der Waals surface area (Å²) in [6.07, 6.45) is 2.02. The van der Waals surface area contributed by atoms with E-state index in [9.17, 15) is 0 Å². The summed E-state index contributed by atoms with van der Waals surface area (Å²) < 4.78 is 10.8. The van der Waals surface area contributed by atoms with E-state index in [4.69, 9.17) is 15.2 Å². The number of anilines is 2. The van der Waals surface area contributed by atoms with Crippen LogP contribution in [0.1, 0.15) is 24.5 Å². The van der Waals surface area contributed by atoms with E-state index < -0.39 is 0 Å². The second-order valence-corrected chi connectivity index (χ2v) is 6.56. The SMILES string of the molecule is Nc1nc(N2CCC(c3cc(-c4ccc5c(c4)OCO5)n[nH]3)CC2)n[nH]1. The minimum Gasteiger partial charge on any atom is -0.454 e. The lowest BCUT2D eigenvalue weighted by Crippen LogP contribution is -2.33. The number of aromatic nitrogens is 5. The topological polar surface area (TPSA) is 118 Å². The molecule has 1 aromatic carbocycles. The maximum atomic E-state index is 5.61. The number of H-pyrrole nitrogens is 2. The fourth-order valence-corrected chi connectivity index (χ4v) is 3.55. The van der Waals surface area contributed by atoms with Gasteiger partial charge in [0.2, 0.25) is 18.7 Å². The first-order chi connectivity index (χ1) is 12.8. The van der Waals surface area contributed by atoms with Crippen LogP contribution >= 0.6 is 0 Å². The molecule has 3 aromatic rings. The third-order valence-electron chi connectivity index (χ3n) is 4.97. The monoisotopic (exact) mass is 353 g/mol. The smallest absolute Gasteiger partial charge is 0.246 e. The van der Waals surface area contributed by atoms with Gasteiger partial charge in [-0.2, -0.15) is 10.1 Å². The Morgan fingerprint density at radius 1 is 1.04 bits per heavy atom. The van der Waals surface area contributed by atoms with E-state index in [1.54, 1.807) is 0 Å². The molecule has 0 aliphatic carbocycles.